The Bertz CT molecular complexity index is 566. The number of nitrogens with two attached hydrogens (primary N) is 1. The zero-order valence-electron chi connectivity index (χ0n) is 9.90. The summed E-state index contributed by atoms with van der Waals surface area (Å²) >= 11 is 6.10. The minimum Gasteiger partial charge on any atom is -0.366 e. The zero-order valence-corrected chi connectivity index (χ0v) is 10.7. The quantitative estimate of drug-likeness (QED) is 0.900. The van der Waals surface area contributed by atoms with Gasteiger partial charge in [0.2, 0.25) is 5.91 Å². The van der Waals surface area contributed by atoms with Crippen molar-refractivity contribution in [3.05, 3.63) is 70.2 Å². The molecular weight excluding hydrogens is 246 g/mol. The lowest BCUT2D eigenvalue weighted by molar-refractivity contribution is 0.0999. The third kappa shape index (κ3) is 2.90. The number of hydrogen-bond donors (Lipinski definition) is 1. The van der Waals surface area contributed by atoms with Crippen LogP contribution in [0, 0.1) is 0 Å². The molecule has 2 N–H and O–H groups in total. The lowest BCUT2D eigenvalue weighted by Gasteiger charge is -2.07. The zero-order chi connectivity index (χ0) is 13.0. The summed E-state index contributed by atoms with van der Waals surface area (Å²) < 4.78 is 0. The minimum absolute atomic E-state index is 0.384. The summed E-state index contributed by atoms with van der Waals surface area (Å²) in [6, 6.07) is 15.1. The van der Waals surface area contributed by atoms with E-state index in [0.717, 1.165) is 29.0 Å². The Hall–Kier alpha value is -1.80. The Balaban J connectivity index is 2.16. The van der Waals surface area contributed by atoms with Gasteiger partial charge in [-0.25, -0.2) is 0 Å². The number of hydrogen-bond acceptors (Lipinski definition) is 1. The molecule has 0 saturated heterocycles. The topological polar surface area (TPSA) is 43.1 Å². The molecule has 2 rings (SSSR count). The summed E-state index contributed by atoms with van der Waals surface area (Å²) in [5.74, 6) is -0.384. The van der Waals surface area contributed by atoms with E-state index in [0.29, 0.717) is 5.56 Å². The van der Waals surface area contributed by atoms with Gasteiger partial charge in [0.15, 0.2) is 0 Å². The molecule has 1 amide bonds. The molecule has 0 aliphatic carbocycles. The summed E-state index contributed by atoms with van der Waals surface area (Å²) in [5, 5.41) is 0.758. The second kappa shape index (κ2) is 5.69. The predicted octanol–water partition coefficient (Wildman–Crippen LogP) is 3.22. The van der Waals surface area contributed by atoms with Crippen LogP contribution in [0.3, 0.4) is 0 Å². The fourth-order valence-corrected chi connectivity index (χ4v) is 2.18. The first kappa shape index (κ1) is 12.7. The molecule has 3 heteroatoms. The molecule has 0 saturated carbocycles. The van der Waals surface area contributed by atoms with E-state index in [4.69, 9.17) is 17.3 Å². The van der Waals surface area contributed by atoms with E-state index in [9.17, 15) is 4.79 Å². The van der Waals surface area contributed by atoms with Crippen molar-refractivity contribution in [1.82, 2.24) is 0 Å². The van der Waals surface area contributed by atoms with Crippen LogP contribution in [0.1, 0.15) is 21.5 Å². The van der Waals surface area contributed by atoms with Crippen LogP contribution in [0.4, 0.5) is 0 Å². The van der Waals surface area contributed by atoms with Crippen molar-refractivity contribution in [1.29, 1.82) is 0 Å². The molecule has 2 aromatic rings. The van der Waals surface area contributed by atoms with E-state index in [1.54, 1.807) is 6.07 Å². The monoisotopic (exact) mass is 259 g/mol. The van der Waals surface area contributed by atoms with E-state index in [1.807, 2.05) is 42.5 Å². The molecule has 0 bridgehead atoms. The molecule has 0 heterocycles. The van der Waals surface area contributed by atoms with Crippen molar-refractivity contribution in [2.24, 2.45) is 5.73 Å². The van der Waals surface area contributed by atoms with Gasteiger partial charge < -0.3 is 5.73 Å². The maximum absolute atomic E-state index is 11.3. The van der Waals surface area contributed by atoms with Crippen molar-refractivity contribution in [2.45, 2.75) is 12.8 Å². The van der Waals surface area contributed by atoms with E-state index in [-0.39, 0.29) is 5.91 Å². The fourth-order valence-electron chi connectivity index (χ4n) is 1.95. The highest BCUT2D eigenvalue weighted by molar-refractivity contribution is 6.31. The molecule has 0 aliphatic heterocycles. The molecule has 0 spiro atoms. The number of primary amides is 1. The van der Waals surface area contributed by atoms with Gasteiger partial charge in [0.1, 0.15) is 0 Å². The number of carbonyl (C=O) groups is 1. The first-order valence-electron chi connectivity index (χ1n) is 5.79. The average Bonchev–Trinajstić information content (AvgIpc) is 2.38. The lowest BCUT2D eigenvalue weighted by atomic mass is 9.99. The van der Waals surface area contributed by atoms with Crippen LogP contribution in [0.5, 0.6) is 0 Å². The predicted molar refractivity (Wildman–Crippen MR) is 73.8 cm³/mol. The van der Waals surface area contributed by atoms with E-state index in [2.05, 4.69) is 0 Å². The number of carbonyl (C=O) groups excluding carboxylic acids is 1. The number of amides is 1. The van der Waals surface area contributed by atoms with Crippen LogP contribution in [0.25, 0.3) is 0 Å². The van der Waals surface area contributed by atoms with Crippen molar-refractivity contribution in [3.63, 3.8) is 0 Å². The molecule has 0 unspecified atom stereocenters. The highest BCUT2D eigenvalue weighted by atomic mass is 35.5. The number of benzene rings is 2. The van der Waals surface area contributed by atoms with Crippen molar-refractivity contribution < 1.29 is 4.79 Å². The Labute approximate surface area is 111 Å². The van der Waals surface area contributed by atoms with E-state index < -0.39 is 0 Å². The molecule has 0 aliphatic rings. The standard InChI is InChI=1S/C15H14ClNO/c16-14-8-4-2-6-12(14)10-9-11-5-1-3-7-13(11)15(17)18/h1-8H,9-10H2,(H2,17,18). The second-order valence-electron chi connectivity index (χ2n) is 4.11. The van der Waals surface area contributed by atoms with E-state index in [1.165, 1.54) is 0 Å². The third-order valence-electron chi connectivity index (χ3n) is 2.90. The largest absolute Gasteiger partial charge is 0.366 e. The molecule has 2 aromatic carbocycles. The average molecular weight is 260 g/mol. The lowest BCUT2D eigenvalue weighted by Crippen LogP contribution is -2.14. The smallest absolute Gasteiger partial charge is 0.248 e. The summed E-state index contributed by atoms with van der Waals surface area (Å²) in [4.78, 5) is 11.3. The Morgan fingerprint density at radius 2 is 1.50 bits per heavy atom. The fraction of sp³-hybridized carbons (Fsp3) is 0.133. The normalized spacial score (nSPS) is 10.3. The third-order valence-corrected chi connectivity index (χ3v) is 3.27. The first-order valence-corrected chi connectivity index (χ1v) is 6.17. The molecule has 18 heavy (non-hydrogen) atoms. The first-order chi connectivity index (χ1) is 8.68. The molecule has 0 fully saturated rings. The molecular formula is C15H14ClNO. The van der Waals surface area contributed by atoms with Crippen LogP contribution in [-0.2, 0) is 12.8 Å². The van der Waals surface area contributed by atoms with Gasteiger partial charge in [0.05, 0.1) is 0 Å². The summed E-state index contributed by atoms with van der Waals surface area (Å²) in [6.07, 6.45) is 1.55. The highest BCUT2D eigenvalue weighted by Gasteiger charge is 2.07. The highest BCUT2D eigenvalue weighted by Crippen LogP contribution is 2.18. The van der Waals surface area contributed by atoms with Crippen molar-refractivity contribution >= 4 is 17.5 Å². The van der Waals surface area contributed by atoms with Gasteiger partial charge in [0.25, 0.3) is 0 Å². The molecule has 0 atom stereocenters. The summed E-state index contributed by atoms with van der Waals surface area (Å²) in [5.41, 5.74) is 7.98. The number of rotatable bonds is 4. The van der Waals surface area contributed by atoms with Crippen LogP contribution in [0.2, 0.25) is 5.02 Å². The van der Waals surface area contributed by atoms with Gasteiger partial charge in [-0.15, -0.1) is 0 Å². The summed E-state index contributed by atoms with van der Waals surface area (Å²) in [7, 11) is 0. The van der Waals surface area contributed by atoms with Gasteiger partial charge in [-0.2, -0.15) is 0 Å². The molecule has 92 valence electrons. The van der Waals surface area contributed by atoms with Crippen LogP contribution in [0.15, 0.2) is 48.5 Å². The van der Waals surface area contributed by atoms with Gasteiger partial charge >= 0.3 is 0 Å². The maximum atomic E-state index is 11.3. The van der Waals surface area contributed by atoms with Crippen molar-refractivity contribution in [3.8, 4) is 0 Å². The van der Waals surface area contributed by atoms with Gasteiger partial charge in [-0.1, -0.05) is 48.0 Å². The van der Waals surface area contributed by atoms with E-state index >= 15 is 0 Å². The van der Waals surface area contributed by atoms with Crippen LogP contribution >= 0.6 is 11.6 Å². The molecule has 0 aromatic heterocycles. The Morgan fingerprint density at radius 3 is 2.17 bits per heavy atom. The molecule has 0 radical (unpaired) electrons. The van der Waals surface area contributed by atoms with Crippen LogP contribution < -0.4 is 5.73 Å². The van der Waals surface area contributed by atoms with Gasteiger partial charge in [-0.05, 0) is 36.1 Å². The summed E-state index contributed by atoms with van der Waals surface area (Å²) in [6.45, 7) is 0. The van der Waals surface area contributed by atoms with Gasteiger partial charge in [0, 0.05) is 10.6 Å². The van der Waals surface area contributed by atoms with Gasteiger partial charge in [-0.3, -0.25) is 4.79 Å². The number of halogens is 1. The van der Waals surface area contributed by atoms with Crippen molar-refractivity contribution in [2.75, 3.05) is 0 Å². The number of aryl methyl sites for hydroxylation is 2. The molecule has 2 nitrogen and oxygen atoms in total. The Morgan fingerprint density at radius 1 is 0.944 bits per heavy atom. The maximum Gasteiger partial charge on any atom is 0.248 e. The second-order valence-corrected chi connectivity index (χ2v) is 4.52. The SMILES string of the molecule is NC(=O)c1ccccc1CCc1ccccc1Cl. The minimum atomic E-state index is -0.384. The Kier molecular flexibility index (Phi) is 4.00. The van der Waals surface area contributed by atoms with Crippen LogP contribution in [-0.4, -0.2) is 5.91 Å².